The normalized spacial score (nSPS) is 17.9. The van der Waals surface area contributed by atoms with E-state index in [4.69, 9.17) is 0 Å². The van der Waals surface area contributed by atoms with Crippen molar-refractivity contribution in [2.75, 3.05) is 0 Å². The minimum absolute atomic E-state index is 0.118. The molecule has 1 aliphatic carbocycles. The minimum Gasteiger partial charge on any atom is -0.330 e. The third-order valence-corrected chi connectivity index (χ3v) is 6.19. The highest BCUT2D eigenvalue weighted by atomic mass is 32.1. The van der Waals surface area contributed by atoms with E-state index < -0.39 is 5.92 Å². The number of carbonyl (C=O) groups excluding carboxylic acids is 1. The Hall–Kier alpha value is -2.45. The fourth-order valence-corrected chi connectivity index (χ4v) is 4.95. The second kappa shape index (κ2) is 6.12. The summed E-state index contributed by atoms with van der Waals surface area (Å²) in [4.78, 5) is 19.0. The van der Waals surface area contributed by atoms with Crippen LogP contribution in [0.1, 0.15) is 45.9 Å². The number of fused-ring (bicyclic) bond motifs is 2. The van der Waals surface area contributed by atoms with Crippen LogP contribution in [0.15, 0.2) is 29.6 Å². The van der Waals surface area contributed by atoms with E-state index in [2.05, 4.69) is 18.0 Å². The van der Waals surface area contributed by atoms with Gasteiger partial charge in [0.25, 0.3) is 0 Å². The molecule has 1 aliphatic rings. The Balaban J connectivity index is 1.75. The summed E-state index contributed by atoms with van der Waals surface area (Å²) in [6.45, 7) is 2.25. The summed E-state index contributed by atoms with van der Waals surface area (Å²) in [6.07, 6.45) is 3.08. The van der Waals surface area contributed by atoms with Gasteiger partial charge in [-0.1, -0.05) is 19.1 Å². The van der Waals surface area contributed by atoms with Crippen LogP contribution in [0.25, 0.3) is 11.0 Å². The van der Waals surface area contributed by atoms with E-state index in [0.717, 1.165) is 41.4 Å². The number of aromatic nitrogens is 2. The van der Waals surface area contributed by atoms with Crippen molar-refractivity contribution < 1.29 is 4.79 Å². The van der Waals surface area contributed by atoms with Crippen molar-refractivity contribution in [2.45, 2.75) is 32.1 Å². The molecule has 5 heteroatoms. The van der Waals surface area contributed by atoms with Crippen molar-refractivity contribution in [1.29, 1.82) is 5.26 Å². The molecule has 0 spiro atoms. The first-order chi connectivity index (χ1) is 12.1. The molecule has 0 saturated heterocycles. The molecule has 0 bridgehead atoms. The van der Waals surface area contributed by atoms with E-state index in [9.17, 15) is 10.1 Å². The zero-order chi connectivity index (χ0) is 17.6. The average molecular weight is 349 g/mol. The topological polar surface area (TPSA) is 58.7 Å². The number of carbonyl (C=O) groups is 1. The van der Waals surface area contributed by atoms with Gasteiger partial charge in [0.1, 0.15) is 5.82 Å². The molecule has 2 atom stereocenters. The predicted molar refractivity (Wildman–Crippen MR) is 98.9 cm³/mol. The van der Waals surface area contributed by atoms with Gasteiger partial charge in [-0.15, -0.1) is 11.3 Å². The second-order valence-electron chi connectivity index (χ2n) is 6.84. The fraction of sp³-hybridized carbons (Fsp3) is 0.350. The standard InChI is InChI=1S/C20H19N3OS/c1-12-7-8-13-15(11-25-18(13)9-12)19(24)14(10-21)20-22-16-5-3-4-6-17(16)23(20)2/h3-6,11-12,14H,7-9H2,1-2H3. The molecule has 1 aromatic carbocycles. The summed E-state index contributed by atoms with van der Waals surface area (Å²) in [5.41, 5.74) is 3.64. The lowest BCUT2D eigenvalue weighted by molar-refractivity contribution is 0.0974. The molecule has 0 N–H and O–H groups in total. The number of aryl methyl sites for hydroxylation is 1. The van der Waals surface area contributed by atoms with Crippen molar-refractivity contribution in [3.05, 3.63) is 51.5 Å². The number of nitrogens with zero attached hydrogens (tertiary/aromatic N) is 3. The lowest BCUT2D eigenvalue weighted by atomic mass is 9.86. The van der Waals surface area contributed by atoms with Crippen molar-refractivity contribution in [3.8, 4) is 6.07 Å². The first-order valence-corrected chi connectivity index (χ1v) is 9.42. The molecule has 0 fully saturated rings. The number of para-hydroxylation sites is 2. The maximum absolute atomic E-state index is 13.2. The number of benzene rings is 1. The van der Waals surface area contributed by atoms with Crippen LogP contribution in [0.4, 0.5) is 0 Å². The molecule has 4 nitrogen and oxygen atoms in total. The van der Waals surface area contributed by atoms with Crippen molar-refractivity contribution in [2.24, 2.45) is 13.0 Å². The van der Waals surface area contributed by atoms with Gasteiger partial charge in [0.05, 0.1) is 17.1 Å². The van der Waals surface area contributed by atoms with E-state index >= 15 is 0 Å². The number of nitriles is 1. The molecule has 4 rings (SSSR count). The van der Waals surface area contributed by atoms with Gasteiger partial charge in [-0.2, -0.15) is 5.26 Å². The summed E-state index contributed by atoms with van der Waals surface area (Å²) in [5.74, 6) is 0.210. The summed E-state index contributed by atoms with van der Waals surface area (Å²) in [7, 11) is 1.87. The van der Waals surface area contributed by atoms with Gasteiger partial charge in [-0.05, 0) is 42.9 Å². The van der Waals surface area contributed by atoms with Crippen LogP contribution in [0, 0.1) is 17.2 Å². The molecule has 0 radical (unpaired) electrons. The van der Waals surface area contributed by atoms with E-state index in [0.29, 0.717) is 11.7 Å². The summed E-state index contributed by atoms with van der Waals surface area (Å²) < 4.78 is 1.86. The highest BCUT2D eigenvalue weighted by Crippen LogP contribution is 2.35. The number of rotatable bonds is 3. The molecule has 0 saturated carbocycles. The molecule has 2 aromatic heterocycles. The Labute approximate surface area is 150 Å². The highest BCUT2D eigenvalue weighted by molar-refractivity contribution is 7.10. The largest absolute Gasteiger partial charge is 0.330 e. The smallest absolute Gasteiger partial charge is 0.188 e. The SMILES string of the molecule is CC1CCc2c(C(=O)C(C#N)c3nc4ccccc4n3C)csc2C1. The van der Waals surface area contributed by atoms with Crippen molar-refractivity contribution in [3.63, 3.8) is 0 Å². The van der Waals surface area contributed by atoms with Crippen LogP contribution < -0.4 is 0 Å². The minimum atomic E-state index is -0.865. The van der Waals surface area contributed by atoms with Crippen LogP contribution >= 0.6 is 11.3 Å². The molecule has 126 valence electrons. The van der Waals surface area contributed by atoms with E-state index in [1.807, 2.05) is 41.3 Å². The number of hydrogen-bond donors (Lipinski definition) is 0. The molecule has 25 heavy (non-hydrogen) atoms. The Morgan fingerprint density at radius 2 is 2.24 bits per heavy atom. The lowest BCUT2D eigenvalue weighted by Crippen LogP contribution is -2.18. The first-order valence-electron chi connectivity index (χ1n) is 8.54. The lowest BCUT2D eigenvalue weighted by Gasteiger charge is -2.19. The number of Topliss-reactive ketones (excluding diaryl/α,β-unsaturated/α-hetero) is 1. The van der Waals surface area contributed by atoms with Gasteiger partial charge < -0.3 is 4.57 Å². The highest BCUT2D eigenvalue weighted by Gasteiger charge is 2.31. The Morgan fingerprint density at radius 3 is 3.00 bits per heavy atom. The van der Waals surface area contributed by atoms with Crippen LogP contribution in [0.2, 0.25) is 0 Å². The molecule has 3 aromatic rings. The fourth-order valence-electron chi connectivity index (χ4n) is 3.70. The maximum atomic E-state index is 13.2. The predicted octanol–water partition coefficient (Wildman–Crippen LogP) is 4.25. The monoisotopic (exact) mass is 349 g/mol. The number of imidazole rings is 1. The number of hydrogen-bond acceptors (Lipinski definition) is 4. The Morgan fingerprint density at radius 1 is 1.44 bits per heavy atom. The van der Waals surface area contributed by atoms with Crippen molar-refractivity contribution in [1.82, 2.24) is 9.55 Å². The molecular weight excluding hydrogens is 330 g/mol. The molecule has 0 aliphatic heterocycles. The quantitative estimate of drug-likeness (QED) is 0.664. The van der Waals surface area contributed by atoms with E-state index in [1.54, 1.807) is 11.3 Å². The molecule has 2 heterocycles. The van der Waals surface area contributed by atoms with Crippen LogP contribution in [-0.4, -0.2) is 15.3 Å². The van der Waals surface area contributed by atoms with E-state index in [-0.39, 0.29) is 5.78 Å². The number of ketones is 1. The molecule has 2 unspecified atom stereocenters. The molecule has 0 amide bonds. The average Bonchev–Trinajstić information content (AvgIpc) is 3.17. The third kappa shape index (κ3) is 2.58. The van der Waals surface area contributed by atoms with Gasteiger partial charge in [0, 0.05) is 22.9 Å². The molecular formula is C20H19N3OS. The first kappa shape index (κ1) is 16.0. The van der Waals surface area contributed by atoms with Gasteiger partial charge in [-0.25, -0.2) is 4.98 Å². The van der Waals surface area contributed by atoms with Gasteiger partial charge in [0.15, 0.2) is 11.7 Å². The summed E-state index contributed by atoms with van der Waals surface area (Å²) >= 11 is 1.66. The van der Waals surface area contributed by atoms with E-state index in [1.165, 1.54) is 4.88 Å². The zero-order valence-corrected chi connectivity index (χ0v) is 15.1. The maximum Gasteiger partial charge on any atom is 0.188 e. The van der Waals surface area contributed by atoms with Gasteiger partial charge in [0.2, 0.25) is 0 Å². The van der Waals surface area contributed by atoms with Crippen LogP contribution in [0.5, 0.6) is 0 Å². The van der Waals surface area contributed by atoms with Crippen molar-refractivity contribution >= 4 is 28.2 Å². The van der Waals surface area contributed by atoms with Gasteiger partial charge in [-0.3, -0.25) is 4.79 Å². The van der Waals surface area contributed by atoms with Gasteiger partial charge >= 0.3 is 0 Å². The summed E-state index contributed by atoms with van der Waals surface area (Å²) in [6, 6.07) is 9.91. The summed E-state index contributed by atoms with van der Waals surface area (Å²) in [5, 5.41) is 11.7. The van der Waals surface area contributed by atoms with Crippen LogP contribution in [0.3, 0.4) is 0 Å². The zero-order valence-electron chi connectivity index (χ0n) is 14.3. The number of thiophene rings is 1. The Kier molecular flexibility index (Phi) is 3.93. The van der Waals surface area contributed by atoms with Crippen LogP contribution in [-0.2, 0) is 19.9 Å². The Bertz CT molecular complexity index is 1010. The third-order valence-electron chi connectivity index (χ3n) is 5.14. The second-order valence-corrected chi connectivity index (χ2v) is 7.81.